The number of fused-ring (bicyclic) bond motifs is 15. The lowest BCUT2D eigenvalue weighted by molar-refractivity contribution is 0.586. The Hall–Kier alpha value is -9.50. The van der Waals surface area contributed by atoms with Crippen molar-refractivity contribution < 1.29 is 4.42 Å². The van der Waals surface area contributed by atoms with Gasteiger partial charge >= 0.3 is 0 Å². The van der Waals surface area contributed by atoms with Crippen LogP contribution in [0.5, 0.6) is 0 Å². The lowest BCUT2D eigenvalue weighted by Crippen LogP contribution is -2.27. The highest BCUT2D eigenvalue weighted by Gasteiger charge is 2.52. The van der Waals surface area contributed by atoms with Crippen LogP contribution in [-0.4, -0.2) is 0 Å². The van der Waals surface area contributed by atoms with Crippen LogP contribution in [0.15, 0.2) is 265 Å². The highest BCUT2D eigenvalue weighted by Crippen LogP contribution is 2.64. The summed E-state index contributed by atoms with van der Waals surface area (Å²) in [5, 5.41) is 4.55. The van der Waals surface area contributed by atoms with E-state index in [-0.39, 0.29) is 10.8 Å². The molecule has 2 aliphatic carbocycles. The molecule has 0 N–H and O–H groups in total. The van der Waals surface area contributed by atoms with E-state index >= 15 is 0 Å². The number of hydrogen-bond acceptors (Lipinski definition) is 2. The molecule has 0 saturated carbocycles. The lowest BCUT2D eigenvalue weighted by Gasteiger charge is -2.34. The van der Waals surface area contributed by atoms with E-state index in [1.54, 1.807) is 0 Å². The van der Waals surface area contributed by atoms with Crippen molar-refractivity contribution >= 4 is 49.8 Å². The Morgan fingerprint density at radius 2 is 0.815 bits per heavy atom. The van der Waals surface area contributed by atoms with Crippen molar-refractivity contribution in [2.24, 2.45) is 0 Å². The second kappa shape index (κ2) is 18.3. The van der Waals surface area contributed by atoms with E-state index < -0.39 is 5.41 Å². The molecule has 0 amide bonds. The molecule has 0 unspecified atom stereocenters. The summed E-state index contributed by atoms with van der Waals surface area (Å²) in [4.78, 5) is 2.52. The zero-order valence-electron chi connectivity index (χ0n) is 46.7. The maximum absolute atomic E-state index is 6.72. The summed E-state index contributed by atoms with van der Waals surface area (Å²) in [5.74, 6) is 0. The molecular weight excluding hydrogens is 979 g/mol. The maximum atomic E-state index is 6.72. The van der Waals surface area contributed by atoms with Gasteiger partial charge in [0.1, 0.15) is 11.2 Å². The summed E-state index contributed by atoms with van der Waals surface area (Å²) >= 11 is 0. The van der Waals surface area contributed by atoms with Gasteiger partial charge in [0.05, 0.1) is 11.1 Å². The van der Waals surface area contributed by atoms with Gasteiger partial charge in [0.15, 0.2) is 0 Å². The predicted molar refractivity (Wildman–Crippen MR) is 341 cm³/mol. The number of nitrogens with zero attached hydrogens (tertiary/aromatic N) is 1. The van der Waals surface area contributed by atoms with Crippen LogP contribution < -0.4 is 4.90 Å². The van der Waals surface area contributed by atoms with E-state index in [4.69, 9.17) is 4.42 Å². The third-order valence-corrected chi connectivity index (χ3v) is 17.6. The van der Waals surface area contributed by atoms with Crippen LogP contribution in [0.25, 0.3) is 99.5 Å². The Labute approximate surface area is 475 Å². The van der Waals surface area contributed by atoms with E-state index in [1.807, 2.05) is 0 Å². The quantitative estimate of drug-likeness (QED) is 0.158. The molecule has 2 heteroatoms. The van der Waals surface area contributed by atoms with Gasteiger partial charge in [0.25, 0.3) is 0 Å². The molecule has 15 rings (SSSR count). The van der Waals surface area contributed by atoms with Crippen LogP contribution in [0.4, 0.5) is 17.1 Å². The molecular formula is C79H61NO. The summed E-state index contributed by atoms with van der Waals surface area (Å²) < 4.78 is 6.72. The molecule has 13 aromatic rings. The van der Waals surface area contributed by atoms with Crippen LogP contribution in [-0.2, 0) is 16.2 Å². The molecule has 12 aromatic carbocycles. The summed E-state index contributed by atoms with van der Waals surface area (Å²) in [7, 11) is 0. The predicted octanol–water partition coefficient (Wildman–Crippen LogP) is 21.8. The second-order valence-electron chi connectivity index (χ2n) is 24.3. The van der Waals surface area contributed by atoms with Crippen molar-refractivity contribution in [1.82, 2.24) is 0 Å². The van der Waals surface area contributed by atoms with Gasteiger partial charge < -0.3 is 9.32 Å². The van der Waals surface area contributed by atoms with Crippen molar-refractivity contribution in [3.63, 3.8) is 0 Å². The molecule has 0 fully saturated rings. The Bertz CT molecular complexity index is 4590. The van der Waals surface area contributed by atoms with Crippen LogP contribution in [0.3, 0.4) is 0 Å². The molecule has 1 spiro atoms. The highest BCUT2D eigenvalue weighted by molar-refractivity contribution is 6.19. The van der Waals surface area contributed by atoms with E-state index in [9.17, 15) is 0 Å². The number of rotatable bonds is 7. The Kier molecular flexibility index (Phi) is 11.0. The molecule has 1 heterocycles. The Balaban J connectivity index is 0.976. The average molecular weight is 1040 g/mol. The summed E-state index contributed by atoms with van der Waals surface area (Å²) in [6.07, 6.45) is 0. The first-order valence-corrected chi connectivity index (χ1v) is 28.6. The molecule has 0 radical (unpaired) electrons. The Morgan fingerprint density at radius 1 is 0.321 bits per heavy atom. The molecule has 0 saturated heterocycles. The molecule has 81 heavy (non-hydrogen) atoms. The van der Waals surface area contributed by atoms with Crippen molar-refractivity contribution in [2.75, 3.05) is 4.90 Å². The third-order valence-electron chi connectivity index (χ3n) is 17.6. The smallest absolute Gasteiger partial charge is 0.143 e. The van der Waals surface area contributed by atoms with E-state index in [0.717, 1.165) is 66.6 Å². The molecule has 0 aliphatic heterocycles. The van der Waals surface area contributed by atoms with Gasteiger partial charge in [-0.3, -0.25) is 0 Å². The third kappa shape index (κ3) is 7.54. The molecule has 0 bridgehead atoms. The minimum Gasteiger partial charge on any atom is -0.455 e. The van der Waals surface area contributed by atoms with Gasteiger partial charge in [0, 0.05) is 33.1 Å². The fraction of sp³-hybridized carbons (Fsp3) is 0.114. The summed E-state index contributed by atoms with van der Waals surface area (Å²) in [6.45, 7) is 14.1. The van der Waals surface area contributed by atoms with Gasteiger partial charge in [-0.15, -0.1) is 0 Å². The maximum Gasteiger partial charge on any atom is 0.143 e. The Morgan fingerprint density at radius 3 is 1.49 bits per heavy atom. The fourth-order valence-electron chi connectivity index (χ4n) is 13.7. The molecule has 1 aromatic heterocycles. The first-order valence-electron chi connectivity index (χ1n) is 28.6. The van der Waals surface area contributed by atoms with Gasteiger partial charge in [-0.2, -0.15) is 0 Å². The molecule has 2 nitrogen and oxygen atoms in total. The summed E-state index contributed by atoms with van der Waals surface area (Å²) in [6, 6.07) is 97.5. The number of furan rings is 1. The number of hydrogen-bond donors (Lipinski definition) is 0. The van der Waals surface area contributed by atoms with E-state index in [1.165, 1.54) is 83.3 Å². The first-order chi connectivity index (χ1) is 39.4. The lowest BCUT2D eigenvalue weighted by atomic mass is 9.68. The van der Waals surface area contributed by atoms with Gasteiger partial charge in [0.2, 0.25) is 0 Å². The van der Waals surface area contributed by atoms with Crippen LogP contribution in [0.1, 0.15) is 74.9 Å². The number of benzene rings is 12. The average Bonchev–Trinajstić information content (AvgIpc) is 3.18. The highest BCUT2D eigenvalue weighted by atomic mass is 16.3. The van der Waals surface area contributed by atoms with Crippen molar-refractivity contribution in [3.8, 4) is 66.8 Å². The minimum atomic E-state index is -0.574. The number of anilines is 3. The van der Waals surface area contributed by atoms with Crippen molar-refractivity contribution in [3.05, 3.63) is 294 Å². The zero-order valence-corrected chi connectivity index (χ0v) is 46.7. The largest absolute Gasteiger partial charge is 0.455 e. The standard InChI is InChI=1S/C79H61NO/c1-77(2,3)53-38-44-64-65-45-39-54(78(4,5)6)48-71(65)79(70(64)47-53)69-32-18-16-29-63(69)66-46-42-56(49-72(66)79)80(55-40-35-52(36-41-55)58-31-20-34-74-75(58)68-43-37-51-23-10-11-25-59(51)76(68)81-74)73-33-19-17-30-67(73)62-28-15-14-27-61(62)60-26-13-12-24-57(60)50-21-8-7-9-22-50/h7-49H,1-6H3. The molecule has 388 valence electrons. The SMILES string of the molecule is CC(C)(C)c1ccc2c(c1)C1(c3ccccc3-c3ccc(N(c4ccc(-c5cccc6oc7c8ccccc8ccc7c56)cc4)c4ccccc4-c4ccccc4-c4ccccc4-c4ccccc4)cc31)c1cc(C(C)(C)C)ccc1-2. The van der Waals surface area contributed by atoms with Crippen LogP contribution in [0, 0.1) is 0 Å². The normalized spacial score (nSPS) is 13.2. The van der Waals surface area contributed by atoms with Crippen LogP contribution in [0.2, 0.25) is 0 Å². The number of para-hydroxylation sites is 1. The second-order valence-corrected chi connectivity index (χ2v) is 24.3. The van der Waals surface area contributed by atoms with Gasteiger partial charge in [-0.1, -0.05) is 260 Å². The molecule has 2 aliphatic rings. The molecule has 0 atom stereocenters. The summed E-state index contributed by atoms with van der Waals surface area (Å²) in [5.41, 5.74) is 26.9. The zero-order chi connectivity index (χ0) is 54.8. The topological polar surface area (TPSA) is 16.4 Å². The van der Waals surface area contributed by atoms with Crippen molar-refractivity contribution in [1.29, 1.82) is 0 Å². The first kappa shape index (κ1) is 48.6. The van der Waals surface area contributed by atoms with E-state index in [2.05, 4.69) is 307 Å². The van der Waals surface area contributed by atoms with Crippen molar-refractivity contribution in [2.45, 2.75) is 57.8 Å². The minimum absolute atomic E-state index is 0.0560. The van der Waals surface area contributed by atoms with Crippen LogP contribution >= 0.6 is 0 Å². The monoisotopic (exact) mass is 1040 g/mol. The van der Waals surface area contributed by atoms with E-state index in [0.29, 0.717) is 0 Å². The van der Waals surface area contributed by atoms with Gasteiger partial charge in [-0.25, -0.2) is 0 Å². The van der Waals surface area contributed by atoms with Gasteiger partial charge in [-0.05, 0) is 153 Å². The fourth-order valence-corrected chi connectivity index (χ4v) is 13.7.